The van der Waals surface area contributed by atoms with Gasteiger partial charge in [0, 0.05) is 0 Å². The summed E-state index contributed by atoms with van der Waals surface area (Å²) in [6.45, 7) is 5.72. The first-order valence-corrected chi connectivity index (χ1v) is 8.38. The molecule has 3 unspecified atom stereocenters. The second kappa shape index (κ2) is 7.15. The van der Waals surface area contributed by atoms with Crippen molar-refractivity contribution in [3.05, 3.63) is 33.8 Å². The van der Waals surface area contributed by atoms with Gasteiger partial charge in [0.15, 0.2) is 0 Å². The summed E-state index contributed by atoms with van der Waals surface area (Å²) in [6.07, 6.45) is 3.83. The van der Waals surface area contributed by atoms with E-state index in [1.165, 1.54) is 24.8 Å². The average Bonchev–Trinajstić information content (AvgIpc) is 2.43. The van der Waals surface area contributed by atoms with Gasteiger partial charge >= 0.3 is 0 Å². The van der Waals surface area contributed by atoms with E-state index in [0.717, 1.165) is 23.4 Å². The molecule has 1 saturated carbocycles. The zero-order chi connectivity index (χ0) is 14.7. The maximum absolute atomic E-state index is 6.47. The number of halogens is 2. The summed E-state index contributed by atoms with van der Waals surface area (Å²) in [5.74, 6) is 2.72. The Hall–Kier alpha value is -0.240. The molecule has 0 heterocycles. The standard InChI is InChI=1S/C17H25Cl2N/c1-11(2)12-7-8-13(10-20-3)15(9-12)14-5-4-6-16(18)17(14)19/h4-6,11-13,15,20H,7-10H2,1-3H3. The first kappa shape index (κ1) is 16.1. The Bertz CT molecular complexity index is 445. The third kappa shape index (κ3) is 3.50. The SMILES string of the molecule is CNCC1CCC(C(C)C)CC1c1cccc(Cl)c1Cl. The molecule has 1 fully saturated rings. The van der Waals surface area contributed by atoms with Crippen molar-refractivity contribution in [3.8, 4) is 0 Å². The van der Waals surface area contributed by atoms with Crippen LogP contribution < -0.4 is 5.32 Å². The van der Waals surface area contributed by atoms with E-state index in [0.29, 0.717) is 16.9 Å². The minimum absolute atomic E-state index is 0.523. The summed E-state index contributed by atoms with van der Waals surface area (Å²) < 4.78 is 0. The van der Waals surface area contributed by atoms with Gasteiger partial charge in [0.2, 0.25) is 0 Å². The first-order chi connectivity index (χ1) is 9.54. The first-order valence-electron chi connectivity index (χ1n) is 7.63. The molecule has 0 aliphatic heterocycles. The van der Waals surface area contributed by atoms with Crippen LogP contribution in [0.15, 0.2) is 18.2 Å². The third-order valence-electron chi connectivity index (χ3n) is 4.82. The highest BCUT2D eigenvalue weighted by atomic mass is 35.5. The van der Waals surface area contributed by atoms with Gasteiger partial charge in [-0.1, -0.05) is 49.2 Å². The zero-order valence-electron chi connectivity index (χ0n) is 12.6. The Labute approximate surface area is 133 Å². The number of nitrogens with one attached hydrogen (secondary N) is 1. The maximum atomic E-state index is 6.47. The molecule has 0 radical (unpaired) electrons. The fourth-order valence-corrected chi connectivity index (χ4v) is 4.01. The van der Waals surface area contributed by atoms with Crippen LogP contribution in [-0.4, -0.2) is 13.6 Å². The van der Waals surface area contributed by atoms with E-state index in [-0.39, 0.29) is 0 Å². The van der Waals surface area contributed by atoms with E-state index in [2.05, 4.69) is 25.2 Å². The van der Waals surface area contributed by atoms with Crippen LogP contribution in [0.5, 0.6) is 0 Å². The molecule has 2 rings (SSSR count). The summed E-state index contributed by atoms with van der Waals surface area (Å²) in [7, 11) is 2.03. The van der Waals surface area contributed by atoms with Crippen molar-refractivity contribution in [2.75, 3.05) is 13.6 Å². The van der Waals surface area contributed by atoms with Gasteiger partial charge in [0.05, 0.1) is 10.0 Å². The van der Waals surface area contributed by atoms with Crippen molar-refractivity contribution >= 4 is 23.2 Å². The van der Waals surface area contributed by atoms with Gasteiger partial charge in [-0.05, 0) is 68.2 Å². The lowest BCUT2D eigenvalue weighted by molar-refractivity contribution is 0.192. The summed E-state index contributed by atoms with van der Waals surface area (Å²) >= 11 is 12.7. The fourth-order valence-electron chi connectivity index (χ4n) is 3.57. The molecule has 3 heteroatoms. The van der Waals surface area contributed by atoms with E-state index in [4.69, 9.17) is 23.2 Å². The third-order valence-corrected chi connectivity index (χ3v) is 5.66. The lowest BCUT2D eigenvalue weighted by Gasteiger charge is -2.38. The van der Waals surface area contributed by atoms with Gasteiger partial charge in [-0.15, -0.1) is 0 Å². The second-order valence-electron chi connectivity index (χ2n) is 6.38. The largest absolute Gasteiger partial charge is 0.319 e. The van der Waals surface area contributed by atoms with Gasteiger partial charge in [-0.3, -0.25) is 0 Å². The summed E-state index contributed by atoms with van der Waals surface area (Å²) in [4.78, 5) is 0. The maximum Gasteiger partial charge on any atom is 0.0627 e. The molecule has 112 valence electrons. The average molecular weight is 314 g/mol. The molecule has 0 spiro atoms. The van der Waals surface area contributed by atoms with Gasteiger partial charge in [0.1, 0.15) is 0 Å². The summed E-state index contributed by atoms with van der Waals surface area (Å²) in [5, 5.41) is 4.77. The number of hydrogen-bond donors (Lipinski definition) is 1. The lowest BCUT2D eigenvalue weighted by atomic mass is 9.68. The van der Waals surface area contributed by atoms with E-state index in [9.17, 15) is 0 Å². The Morgan fingerprint density at radius 2 is 2.00 bits per heavy atom. The number of benzene rings is 1. The molecule has 0 aromatic heterocycles. The van der Waals surface area contributed by atoms with Crippen LogP contribution in [0, 0.1) is 17.8 Å². The summed E-state index contributed by atoms with van der Waals surface area (Å²) in [6, 6.07) is 6.06. The van der Waals surface area contributed by atoms with Crippen molar-refractivity contribution in [1.29, 1.82) is 0 Å². The normalized spacial score (nSPS) is 27.0. The van der Waals surface area contributed by atoms with Crippen LogP contribution in [0.2, 0.25) is 10.0 Å². The molecule has 0 bridgehead atoms. The quantitative estimate of drug-likeness (QED) is 0.788. The molecule has 1 aliphatic rings. The predicted octanol–water partition coefficient (Wildman–Crippen LogP) is 5.37. The number of rotatable bonds is 4. The molecule has 1 aliphatic carbocycles. The molecule has 1 nitrogen and oxygen atoms in total. The van der Waals surface area contributed by atoms with Crippen molar-refractivity contribution < 1.29 is 0 Å². The highest BCUT2D eigenvalue weighted by molar-refractivity contribution is 6.42. The highest BCUT2D eigenvalue weighted by Crippen LogP contribution is 2.45. The molecule has 1 aromatic carbocycles. The predicted molar refractivity (Wildman–Crippen MR) is 88.8 cm³/mol. The van der Waals surface area contributed by atoms with Crippen LogP contribution in [0.25, 0.3) is 0 Å². The molecule has 1 N–H and O–H groups in total. The second-order valence-corrected chi connectivity index (χ2v) is 7.17. The monoisotopic (exact) mass is 313 g/mol. The van der Waals surface area contributed by atoms with Crippen molar-refractivity contribution in [2.24, 2.45) is 17.8 Å². The number of hydrogen-bond acceptors (Lipinski definition) is 1. The van der Waals surface area contributed by atoms with E-state index >= 15 is 0 Å². The Morgan fingerprint density at radius 3 is 2.65 bits per heavy atom. The van der Waals surface area contributed by atoms with Crippen LogP contribution in [0.1, 0.15) is 44.6 Å². The topological polar surface area (TPSA) is 12.0 Å². The van der Waals surface area contributed by atoms with Crippen LogP contribution in [0.4, 0.5) is 0 Å². The molecular weight excluding hydrogens is 289 g/mol. The minimum Gasteiger partial charge on any atom is -0.319 e. The Morgan fingerprint density at radius 1 is 1.25 bits per heavy atom. The highest BCUT2D eigenvalue weighted by Gasteiger charge is 2.33. The van der Waals surface area contributed by atoms with Crippen molar-refractivity contribution in [1.82, 2.24) is 5.32 Å². The molecule has 20 heavy (non-hydrogen) atoms. The van der Waals surface area contributed by atoms with E-state index in [1.807, 2.05) is 19.2 Å². The summed E-state index contributed by atoms with van der Waals surface area (Å²) in [5.41, 5.74) is 1.24. The van der Waals surface area contributed by atoms with Crippen LogP contribution in [-0.2, 0) is 0 Å². The van der Waals surface area contributed by atoms with Gasteiger partial charge in [-0.2, -0.15) is 0 Å². The van der Waals surface area contributed by atoms with E-state index in [1.54, 1.807) is 0 Å². The van der Waals surface area contributed by atoms with Crippen molar-refractivity contribution in [3.63, 3.8) is 0 Å². The Balaban J connectivity index is 2.29. The van der Waals surface area contributed by atoms with Gasteiger partial charge < -0.3 is 5.32 Å². The fraction of sp³-hybridized carbons (Fsp3) is 0.647. The lowest BCUT2D eigenvalue weighted by Crippen LogP contribution is -2.32. The van der Waals surface area contributed by atoms with Crippen LogP contribution >= 0.6 is 23.2 Å². The van der Waals surface area contributed by atoms with Gasteiger partial charge in [0.25, 0.3) is 0 Å². The molecular formula is C17H25Cl2N. The smallest absolute Gasteiger partial charge is 0.0627 e. The zero-order valence-corrected chi connectivity index (χ0v) is 14.1. The Kier molecular flexibility index (Phi) is 5.77. The molecule has 0 saturated heterocycles. The van der Waals surface area contributed by atoms with E-state index < -0.39 is 0 Å². The van der Waals surface area contributed by atoms with Crippen LogP contribution in [0.3, 0.4) is 0 Å². The molecule has 1 aromatic rings. The van der Waals surface area contributed by atoms with Gasteiger partial charge in [-0.25, -0.2) is 0 Å². The van der Waals surface area contributed by atoms with Crippen molar-refractivity contribution in [2.45, 2.75) is 39.0 Å². The minimum atomic E-state index is 0.523. The molecule has 3 atom stereocenters. The molecule has 0 amide bonds.